The van der Waals surface area contributed by atoms with Crippen molar-refractivity contribution in [3.8, 4) is 0 Å². The smallest absolute Gasteiger partial charge is 0.321 e. The summed E-state index contributed by atoms with van der Waals surface area (Å²) in [6.45, 7) is 5.87. The zero-order valence-electron chi connectivity index (χ0n) is 10.9. The van der Waals surface area contributed by atoms with Crippen molar-refractivity contribution in [1.82, 2.24) is 15.5 Å². The Kier molecular flexibility index (Phi) is 4.66. The molecule has 0 aromatic rings. The maximum absolute atomic E-state index is 11.5. The number of nitrogens with one attached hydrogen (secondary N) is 2. The normalized spacial score (nSPS) is 24.9. The van der Waals surface area contributed by atoms with Crippen LogP contribution >= 0.6 is 0 Å². The van der Waals surface area contributed by atoms with Gasteiger partial charge in [-0.2, -0.15) is 0 Å². The number of β-amino-alcohol motifs (C(OH)–C–C–N with tert-alkyl or cyclic N) is 2. The van der Waals surface area contributed by atoms with Crippen molar-refractivity contribution in [2.24, 2.45) is 0 Å². The zero-order chi connectivity index (χ0) is 13.9. The minimum atomic E-state index is -0.832. The van der Waals surface area contributed by atoms with E-state index < -0.39 is 29.7 Å². The molecule has 2 atom stereocenters. The highest BCUT2D eigenvalue weighted by atomic mass is 16.3. The number of nitrogens with zero attached hydrogens (tertiary/aromatic N) is 1. The highest BCUT2D eigenvalue weighted by molar-refractivity contribution is 5.95. The van der Waals surface area contributed by atoms with Crippen LogP contribution in [0.25, 0.3) is 0 Å². The monoisotopic (exact) mass is 259 g/mol. The maximum Gasteiger partial charge on any atom is 0.321 e. The van der Waals surface area contributed by atoms with Gasteiger partial charge in [-0.1, -0.05) is 0 Å². The second kappa shape index (κ2) is 5.64. The van der Waals surface area contributed by atoms with E-state index in [2.05, 4.69) is 10.6 Å². The molecular weight excluding hydrogens is 238 g/mol. The van der Waals surface area contributed by atoms with E-state index in [0.717, 1.165) is 0 Å². The summed E-state index contributed by atoms with van der Waals surface area (Å²) in [6.07, 6.45) is -1.66. The average molecular weight is 259 g/mol. The Labute approximate surface area is 106 Å². The summed E-state index contributed by atoms with van der Waals surface area (Å²) in [4.78, 5) is 24.5. The number of likely N-dealkylation sites (tertiary alicyclic amines) is 1. The highest BCUT2D eigenvalue weighted by Gasteiger charge is 2.30. The molecule has 1 aliphatic rings. The molecule has 1 rings (SSSR count). The molecule has 1 saturated heterocycles. The molecule has 3 amide bonds. The SMILES string of the molecule is CC(C)(C)NC(=O)NC(=O)CN1C[C@@H](O)[C@@H](O)C1. The van der Waals surface area contributed by atoms with Crippen LogP contribution < -0.4 is 10.6 Å². The predicted molar refractivity (Wildman–Crippen MR) is 64.9 cm³/mol. The zero-order valence-corrected chi connectivity index (χ0v) is 10.9. The van der Waals surface area contributed by atoms with E-state index in [1.165, 1.54) is 0 Å². The fourth-order valence-electron chi connectivity index (χ4n) is 1.72. The van der Waals surface area contributed by atoms with Gasteiger partial charge in [-0.15, -0.1) is 0 Å². The molecule has 0 bridgehead atoms. The van der Waals surface area contributed by atoms with E-state index in [4.69, 9.17) is 0 Å². The molecule has 7 heteroatoms. The Bertz CT molecular complexity index is 317. The number of carbonyl (C=O) groups excluding carboxylic acids is 2. The molecule has 0 radical (unpaired) electrons. The van der Waals surface area contributed by atoms with Gasteiger partial charge in [0, 0.05) is 18.6 Å². The summed E-state index contributed by atoms with van der Waals surface area (Å²) in [6, 6.07) is -0.548. The maximum atomic E-state index is 11.5. The van der Waals surface area contributed by atoms with Gasteiger partial charge in [0.05, 0.1) is 18.8 Å². The summed E-state index contributed by atoms with van der Waals surface area (Å²) in [5.41, 5.74) is -0.412. The molecule has 4 N–H and O–H groups in total. The lowest BCUT2D eigenvalue weighted by atomic mass is 10.1. The molecule has 18 heavy (non-hydrogen) atoms. The summed E-state index contributed by atoms with van der Waals surface area (Å²) in [5.74, 6) is -0.460. The Morgan fingerprint density at radius 1 is 1.22 bits per heavy atom. The predicted octanol–water partition coefficient (Wildman–Crippen LogP) is -1.35. The number of hydrogen-bond acceptors (Lipinski definition) is 5. The number of amides is 3. The van der Waals surface area contributed by atoms with Crippen LogP contribution in [0.2, 0.25) is 0 Å². The second-order valence-corrected chi connectivity index (χ2v) is 5.58. The van der Waals surface area contributed by atoms with Crippen LogP contribution in [0.1, 0.15) is 20.8 Å². The third-order valence-corrected chi connectivity index (χ3v) is 2.44. The number of imide groups is 1. The number of aliphatic hydroxyl groups is 2. The standard InChI is InChI=1S/C11H21N3O4/c1-11(2,3)13-10(18)12-9(17)6-14-4-7(15)8(16)5-14/h7-8,15-16H,4-6H2,1-3H3,(H2,12,13,17,18)/t7-,8+. The molecule has 0 saturated carbocycles. The van der Waals surface area contributed by atoms with Gasteiger partial charge in [-0.25, -0.2) is 4.79 Å². The second-order valence-electron chi connectivity index (χ2n) is 5.58. The average Bonchev–Trinajstić information content (AvgIpc) is 2.41. The van der Waals surface area contributed by atoms with Crippen LogP contribution in [0.4, 0.5) is 4.79 Å². The van der Waals surface area contributed by atoms with Crippen LogP contribution in [-0.4, -0.2) is 64.4 Å². The third kappa shape index (κ3) is 4.99. The van der Waals surface area contributed by atoms with Crippen molar-refractivity contribution >= 4 is 11.9 Å². The van der Waals surface area contributed by atoms with Crippen LogP contribution in [0.3, 0.4) is 0 Å². The number of carbonyl (C=O) groups is 2. The van der Waals surface area contributed by atoms with Gasteiger partial charge in [0.2, 0.25) is 5.91 Å². The van der Waals surface area contributed by atoms with Crippen molar-refractivity contribution in [2.75, 3.05) is 19.6 Å². The minimum absolute atomic E-state index is 0.0221. The molecule has 0 aromatic carbocycles. The van der Waals surface area contributed by atoms with Crippen molar-refractivity contribution in [3.63, 3.8) is 0 Å². The fourth-order valence-corrected chi connectivity index (χ4v) is 1.72. The highest BCUT2D eigenvalue weighted by Crippen LogP contribution is 2.08. The molecule has 0 spiro atoms. The van der Waals surface area contributed by atoms with Gasteiger partial charge in [0.25, 0.3) is 0 Å². The van der Waals surface area contributed by atoms with Gasteiger partial charge in [0.1, 0.15) is 0 Å². The summed E-state index contributed by atoms with van der Waals surface area (Å²) < 4.78 is 0. The number of urea groups is 1. The van der Waals surface area contributed by atoms with E-state index in [1.54, 1.807) is 4.90 Å². The number of rotatable bonds is 2. The van der Waals surface area contributed by atoms with Gasteiger partial charge in [-0.05, 0) is 20.8 Å². The first-order valence-corrected chi connectivity index (χ1v) is 5.88. The lowest BCUT2D eigenvalue weighted by Crippen LogP contribution is -2.50. The van der Waals surface area contributed by atoms with Gasteiger partial charge in [-0.3, -0.25) is 15.0 Å². The van der Waals surface area contributed by atoms with Crippen LogP contribution in [-0.2, 0) is 4.79 Å². The molecule has 0 aliphatic carbocycles. The van der Waals surface area contributed by atoms with Gasteiger partial charge >= 0.3 is 6.03 Å². The van der Waals surface area contributed by atoms with Crippen molar-refractivity contribution in [3.05, 3.63) is 0 Å². The van der Waals surface area contributed by atoms with E-state index in [1.807, 2.05) is 20.8 Å². The Morgan fingerprint density at radius 2 is 1.72 bits per heavy atom. The first-order chi connectivity index (χ1) is 8.17. The van der Waals surface area contributed by atoms with Gasteiger partial charge in [0.15, 0.2) is 0 Å². The van der Waals surface area contributed by atoms with E-state index in [9.17, 15) is 19.8 Å². The molecule has 1 heterocycles. The number of aliphatic hydroxyl groups excluding tert-OH is 2. The Morgan fingerprint density at radius 3 is 2.17 bits per heavy atom. The lowest BCUT2D eigenvalue weighted by molar-refractivity contribution is -0.121. The first kappa shape index (κ1) is 14.9. The van der Waals surface area contributed by atoms with E-state index >= 15 is 0 Å². The fraction of sp³-hybridized carbons (Fsp3) is 0.818. The summed E-state index contributed by atoms with van der Waals surface area (Å²) in [7, 11) is 0. The topological polar surface area (TPSA) is 102 Å². The largest absolute Gasteiger partial charge is 0.389 e. The first-order valence-electron chi connectivity index (χ1n) is 5.88. The van der Waals surface area contributed by atoms with E-state index in [-0.39, 0.29) is 19.6 Å². The molecular formula is C11H21N3O4. The molecule has 104 valence electrons. The van der Waals surface area contributed by atoms with Crippen LogP contribution in [0.15, 0.2) is 0 Å². The lowest BCUT2D eigenvalue weighted by Gasteiger charge is -2.21. The molecule has 1 fully saturated rings. The third-order valence-electron chi connectivity index (χ3n) is 2.44. The minimum Gasteiger partial charge on any atom is -0.389 e. The van der Waals surface area contributed by atoms with Crippen molar-refractivity contribution in [2.45, 2.75) is 38.5 Å². The van der Waals surface area contributed by atoms with Crippen LogP contribution in [0, 0.1) is 0 Å². The summed E-state index contributed by atoms with van der Waals surface area (Å²) >= 11 is 0. The van der Waals surface area contributed by atoms with Crippen molar-refractivity contribution in [1.29, 1.82) is 0 Å². The number of hydrogen-bond donors (Lipinski definition) is 4. The van der Waals surface area contributed by atoms with E-state index in [0.29, 0.717) is 0 Å². The molecule has 1 aliphatic heterocycles. The Hall–Kier alpha value is -1.18. The quantitative estimate of drug-likeness (QED) is 0.491. The molecule has 0 unspecified atom stereocenters. The summed E-state index contributed by atoms with van der Waals surface area (Å²) in [5, 5.41) is 23.4. The van der Waals surface area contributed by atoms with Gasteiger partial charge < -0.3 is 15.5 Å². The van der Waals surface area contributed by atoms with Crippen molar-refractivity contribution < 1.29 is 19.8 Å². The molecule has 0 aromatic heterocycles. The molecule has 7 nitrogen and oxygen atoms in total. The Balaban J connectivity index is 2.32. The van der Waals surface area contributed by atoms with Crippen LogP contribution in [0.5, 0.6) is 0 Å².